The van der Waals surface area contributed by atoms with Crippen LogP contribution in [-0.4, -0.2) is 63.4 Å². The highest BCUT2D eigenvalue weighted by Crippen LogP contribution is 2.39. The minimum absolute atomic E-state index is 0.215. The Hall–Kier alpha value is -2.93. The van der Waals surface area contributed by atoms with Crippen molar-refractivity contribution in [1.82, 2.24) is 4.90 Å². The van der Waals surface area contributed by atoms with Gasteiger partial charge in [-0.25, -0.2) is 0 Å². The van der Waals surface area contributed by atoms with E-state index in [0.29, 0.717) is 42.6 Å². The molecule has 1 aliphatic heterocycles. The summed E-state index contributed by atoms with van der Waals surface area (Å²) in [6, 6.07) is 9.63. The van der Waals surface area contributed by atoms with Crippen LogP contribution in [0.1, 0.15) is 43.6 Å². The number of anilines is 2. The van der Waals surface area contributed by atoms with E-state index in [0.717, 1.165) is 44.0 Å². The zero-order valence-corrected chi connectivity index (χ0v) is 20.6. The van der Waals surface area contributed by atoms with Crippen molar-refractivity contribution in [3.05, 3.63) is 41.5 Å². The molecule has 1 N–H and O–H groups in total. The van der Waals surface area contributed by atoms with Gasteiger partial charge in [0.2, 0.25) is 5.75 Å². The molecule has 0 aromatic heterocycles. The second kappa shape index (κ2) is 11.8. The predicted octanol–water partition coefficient (Wildman–Crippen LogP) is 4.59. The highest BCUT2D eigenvalue weighted by atomic mass is 16.5. The number of hydrogen-bond donors (Lipinski definition) is 1. The van der Waals surface area contributed by atoms with Crippen LogP contribution < -0.4 is 24.4 Å². The van der Waals surface area contributed by atoms with Crippen LogP contribution >= 0.6 is 0 Å². The molecule has 2 aromatic rings. The zero-order chi connectivity index (χ0) is 23.8. The Labute approximate surface area is 197 Å². The van der Waals surface area contributed by atoms with E-state index >= 15 is 0 Å². The monoisotopic (exact) mass is 455 g/mol. The van der Waals surface area contributed by atoms with Crippen LogP contribution in [-0.2, 0) is 0 Å². The standard InChI is InChI=1S/C26H37N3O4/c1-6-28-12-14-29(15-13-28)21-10-11-22(19(5)16-21)27-26(30)20-17-23(31-7-2)25(33-9-4)24(18-20)32-8-3/h10-11,16-18H,6-9,12-15H2,1-5H3,(H,27,30). The summed E-state index contributed by atoms with van der Waals surface area (Å²) in [5, 5.41) is 3.05. The molecule has 2 aromatic carbocycles. The first-order valence-corrected chi connectivity index (χ1v) is 12.0. The van der Waals surface area contributed by atoms with Crippen LogP contribution in [0, 0.1) is 6.92 Å². The SMILES string of the molecule is CCOc1cc(C(=O)Nc2ccc(N3CCN(CC)CC3)cc2C)cc(OCC)c1OCC. The first-order valence-electron chi connectivity index (χ1n) is 12.0. The summed E-state index contributed by atoms with van der Waals surface area (Å²) in [6.45, 7) is 16.6. The lowest BCUT2D eigenvalue weighted by atomic mass is 10.1. The van der Waals surface area contributed by atoms with Gasteiger partial charge in [0.15, 0.2) is 11.5 Å². The summed E-state index contributed by atoms with van der Waals surface area (Å²) in [4.78, 5) is 18.0. The molecule has 1 aliphatic rings. The topological polar surface area (TPSA) is 63.3 Å². The molecule has 0 unspecified atom stereocenters. The average molecular weight is 456 g/mol. The lowest BCUT2D eigenvalue weighted by Gasteiger charge is -2.35. The number of nitrogens with one attached hydrogen (secondary N) is 1. The molecule has 0 radical (unpaired) electrons. The third-order valence-electron chi connectivity index (χ3n) is 5.81. The Balaban J connectivity index is 1.79. The predicted molar refractivity (Wildman–Crippen MR) is 133 cm³/mol. The number of likely N-dealkylation sites (N-methyl/N-ethyl adjacent to an activating group) is 1. The van der Waals surface area contributed by atoms with Gasteiger partial charge in [0.25, 0.3) is 5.91 Å². The molecule has 0 atom stereocenters. The maximum Gasteiger partial charge on any atom is 0.255 e. The Morgan fingerprint density at radius 3 is 2.00 bits per heavy atom. The molecule has 7 heteroatoms. The van der Waals surface area contributed by atoms with E-state index in [1.165, 1.54) is 5.69 Å². The van der Waals surface area contributed by atoms with E-state index < -0.39 is 0 Å². The van der Waals surface area contributed by atoms with Gasteiger partial charge < -0.3 is 29.3 Å². The van der Waals surface area contributed by atoms with Crippen molar-refractivity contribution >= 4 is 17.3 Å². The molecule has 0 aliphatic carbocycles. The molecule has 1 heterocycles. The number of ether oxygens (including phenoxy) is 3. The summed E-state index contributed by atoms with van der Waals surface area (Å²) >= 11 is 0. The fourth-order valence-electron chi connectivity index (χ4n) is 4.02. The summed E-state index contributed by atoms with van der Waals surface area (Å²) in [7, 11) is 0. The fourth-order valence-corrected chi connectivity index (χ4v) is 4.02. The van der Waals surface area contributed by atoms with E-state index in [1.54, 1.807) is 12.1 Å². The maximum absolute atomic E-state index is 13.1. The Kier molecular flexibility index (Phi) is 8.83. The van der Waals surface area contributed by atoms with Gasteiger partial charge in [-0.15, -0.1) is 0 Å². The van der Waals surface area contributed by atoms with Gasteiger partial charge in [-0.05, 0) is 70.1 Å². The molecule has 1 fully saturated rings. The van der Waals surface area contributed by atoms with Gasteiger partial charge in [-0.3, -0.25) is 4.79 Å². The molecule has 1 amide bonds. The van der Waals surface area contributed by atoms with Gasteiger partial charge in [0.05, 0.1) is 19.8 Å². The van der Waals surface area contributed by atoms with E-state index in [1.807, 2.05) is 33.8 Å². The van der Waals surface area contributed by atoms with Gasteiger partial charge in [0, 0.05) is 43.1 Å². The molecular formula is C26H37N3O4. The van der Waals surface area contributed by atoms with Crippen LogP contribution in [0.25, 0.3) is 0 Å². The quantitative estimate of drug-likeness (QED) is 0.566. The van der Waals surface area contributed by atoms with Gasteiger partial charge >= 0.3 is 0 Å². The Bertz CT molecular complexity index is 912. The number of hydrogen-bond acceptors (Lipinski definition) is 6. The number of piperazine rings is 1. The maximum atomic E-state index is 13.1. The lowest BCUT2D eigenvalue weighted by molar-refractivity contribution is 0.102. The summed E-state index contributed by atoms with van der Waals surface area (Å²) in [5.74, 6) is 1.33. The van der Waals surface area contributed by atoms with E-state index in [2.05, 4.69) is 34.2 Å². The van der Waals surface area contributed by atoms with Crippen molar-refractivity contribution in [3.63, 3.8) is 0 Å². The second-order valence-electron chi connectivity index (χ2n) is 7.98. The fraction of sp³-hybridized carbons (Fsp3) is 0.500. The molecule has 3 rings (SSSR count). The highest BCUT2D eigenvalue weighted by Gasteiger charge is 2.20. The minimum atomic E-state index is -0.215. The first kappa shape index (κ1) is 24.7. The van der Waals surface area contributed by atoms with Gasteiger partial charge in [-0.2, -0.15) is 0 Å². The van der Waals surface area contributed by atoms with E-state index in [9.17, 15) is 4.79 Å². The second-order valence-corrected chi connectivity index (χ2v) is 7.98. The molecule has 0 spiro atoms. The van der Waals surface area contributed by atoms with Crippen LogP contribution in [0.3, 0.4) is 0 Å². The number of carbonyl (C=O) groups is 1. The molecule has 7 nitrogen and oxygen atoms in total. The Morgan fingerprint density at radius 2 is 1.48 bits per heavy atom. The highest BCUT2D eigenvalue weighted by molar-refractivity contribution is 6.05. The third-order valence-corrected chi connectivity index (χ3v) is 5.81. The number of carbonyl (C=O) groups excluding carboxylic acids is 1. The summed E-state index contributed by atoms with van der Waals surface area (Å²) < 4.78 is 17.2. The molecule has 1 saturated heterocycles. The molecule has 180 valence electrons. The number of rotatable bonds is 10. The molecule has 33 heavy (non-hydrogen) atoms. The van der Waals surface area contributed by atoms with E-state index in [-0.39, 0.29) is 5.91 Å². The molecule has 0 saturated carbocycles. The lowest BCUT2D eigenvalue weighted by Crippen LogP contribution is -2.46. The first-order chi connectivity index (χ1) is 16.0. The van der Waals surface area contributed by atoms with Crippen LogP contribution in [0.4, 0.5) is 11.4 Å². The van der Waals surface area contributed by atoms with Crippen molar-refractivity contribution in [2.45, 2.75) is 34.6 Å². The number of amides is 1. The van der Waals surface area contributed by atoms with Crippen LogP contribution in [0.5, 0.6) is 17.2 Å². The summed E-state index contributed by atoms with van der Waals surface area (Å²) in [5.41, 5.74) is 3.48. The normalized spacial score (nSPS) is 14.2. The summed E-state index contributed by atoms with van der Waals surface area (Å²) in [6.07, 6.45) is 0. The Morgan fingerprint density at radius 1 is 0.879 bits per heavy atom. The molecular weight excluding hydrogens is 418 g/mol. The van der Waals surface area contributed by atoms with Crippen molar-refractivity contribution < 1.29 is 19.0 Å². The van der Waals surface area contributed by atoms with Crippen molar-refractivity contribution in [3.8, 4) is 17.2 Å². The molecule has 0 bridgehead atoms. The van der Waals surface area contributed by atoms with E-state index in [4.69, 9.17) is 14.2 Å². The van der Waals surface area contributed by atoms with Gasteiger partial charge in [0.1, 0.15) is 0 Å². The third kappa shape index (κ3) is 6.11. The number of nitrogens with zero attached hydrogens (tertiary/aromatic N) is 2. The van der Waals surface area contributed by atoms with Crippen molar-refractivity contribution in [2.24, 2.45) is 0 Å². The van der Waals surface area contributed by atoms with Crippen molar-refractivity contribution in [1.29, 1.82) is 0 Å². The number of benzene rings is 2. The zero-order valence-electron chi connectivity index (χ0n) is 20.6. The number of aryl methyl sites for hydroxylation is 1. The van der Waals surface area contributed by atoms with Gasteiger partial charge in [-0.1, -0.05) is 6.92 Å². The average Bonchev–Trinajstić information content (AvgIpc) is 2.82. The smallest absolute Gasteiger partial charge is 0.255 e. The largest absolute Gasteiger partial charge is 0.490 e. The van der Waals surface area contributed by atoms with Crippen LogP contribution in [0.2, 0.25) is 0 Å². The van der Waals surface area contributed by atoms with Crippen LogP contribution in [0.15, 0.2) is 30.3 Å². The minimum Gasteiger partial charge on any atom is -0.490 e. The van der Waals surface area contributed by atoms with Crippen molar-refractivity contribution in [2.75, 3.05) is 62.8 Å².